The highest BCUT2D eigenvalue weighted by Crippen LogP contribution is 2.28. The van der Waals surface area contributed by atoms with Gasteiger partial charge in [0.05, 0.1) is 35.6 Å². The van der Waals surface area contributed by atoms with Crippen LogP contribution in [-0.4, -0.2) is 44.4 Å². The Morgan fingerprint density at radius 2 is 1.27 bits per heavy atom. The van der Waals surface area contributed by atoms with Gasteiger partial charge in [-0.15, -0.1) is 0 Å². The first kappa shape index (κ1) is 29.7. The molecule has 3 aromatic carbocycles. The number of unbranched alkanes of at least 4 members (excludes halogenated alkanes) is 1. The lowest BCUT2D eigenvalue weighted by Gasteiger charge is -2.31. The fraction of sp³-hybridized carbons (Fsp3) is 0.400. The predicted octanol–water partition coefficient (Wildman–Crippen LogP) is 7.47. The van der Waals surface area contributed by atoms with Crippen LogP contribution in [0.2, 0.25) is 10.0 Å². The zero-order chi connectivity index (χ0) is 27.4. The lowest BCUT2D eigenvalue weighted by molar-refractivity contribution is -0.903. The molecule has 0 fully saturated rings. The van der Waals surface area contributed by atoms with Crippen molar-refractivity contribution < 1.29 is 12.9 Å². The molecule has 0 heterocycles. The van der Waals surface area contributed by atoms with Crippen molar-refractivity contribution >= 4 is 33.2 Å². The molecule has 0 aromatic heterocycles. The minimum Gasteiger partial charge on any atom is -0.325 e. The molecule has 0 amide bonds. The second-order valence-corrected chi connectivity index (χ2v) is 13.7. The minimum absolute atomic E-state index is 0.164. The van der Waals surface area contributed by atoms with Crippen LogP contribution in [0.15, 0.2) is 59.5 Å². The number of hydrogen-bond donors (Lipinski definition) is 0. The fourth-order valence-corrected chi connectivity index (χ4v) is 6.85. The maximum Gasteiger partial charge on any atom is 0.243 e. The topological polar surface area (TPSA) is 37.4 Å². The molecule has 0 aliphatic carbocycles. The van der Waals surface area contributed by atoms with Crippen LogP contribution in [0.3, 0.4) is 0 Å². The Bertz CT molecular complexity index is 1310. The molecule has 0 spiro atoms. The summed E-state index contributed by atoms with van der Waals surface area (Å²) in [6.45, 7) is 11.0. The number of halogens is 2. The SMILES string of the molecule is Cc1cc(C)cc(CN(CCCC[N+](C)(C)Cc2cc(C)cc(C)c2)S(=O)(=O)c2ccc(Cl)c(Cl)c2)c1. The van der Waals surface area contributed by atoms with E-state index in [1.807, 2.05) is 26.0 Å². The summed E-state index contributed by atoms with van der Waals surface area (Å²) in [5.41, 5.74) is 7.11. The van der Waals surface area contributed by atoms with Gasteiger partial charge in [-0.2, -0.15) is 4.31 Å². The van der Waals surface area contributed by atoms with Gasteiger partial charge < -0.3 is 4.48 Å². The second-order valence-electron chi connectivity index (χ2n) is 10.9. The van der Waals surface area contributed by atoms with Gasteiger partial charge in [0.1, 0.15) is 6.54 Å². The summed E-state index contributed by atoms with van der Waals surface area (Å²) in [4.78, 5) is 0.164. The van der Waals surface area contributed by atoms with Crippen molar-refractivity contribution in [2.45, 2.75) is 58.5 Å². The molecule has 7 heteroatoms. The van der Waals surface area contributed by atoms with E-state index in [9.17, 15) is 8.42 Å². The van der Waals surface area contributed by atoms with Gasteiger partial charge in [-0.3, -0.25) is 0 Å². The van der Waals surface area contributed by atoms with Crippen molar-refractivity contribution in [1.29, 1.82) is 0 Å². The summed E-state index contributed by atoms with van der Waals surface area (Å²) in [6, 6.07) is 17.4. The van der Waals surface area contributed by atoms with E-state index in [0.29, 0.717) is 18.1 Å². The molecule has 3 aromatic rings. The summed E-state index contributed by atoms with van der Waals surface area (Å²) in [5, 5.41) is 0.574. The summed E-state index contributed by atoms with van der Waals surface area (Å²) in [7, 11) is 0.714. The number of rotatable bonds is 11. The molecule has 0 aliphatic rings. The minimum atomic E-state index is -3.75. The number of nitrogens with zero attached hydrogens (tertiary/aromatic N) is 2. The molecular weight excluding hydrogens is 523 g/mol. The first-order valence-electron chi connectivity index (χ1n) is 12.7. The van der Waals surface area contributed by atoms with E-state index in [2.05, 4.69) is 52.2 Å². The zero-order valence-corrected chi connectivity index (χ0v) is 25.1. The highest BCUT2D eigenvalue weighted by molar-refractivity contribution is 7.89. The van der Waals surface area contributed by atoms with Gasteiger partial charge in [-0.25, -0.2) is 8.42 Å². The molecule has 3 rings (SSSR count). The largest absolute Gasteiger partial charge is 0.325 e. The van der Waals surface area contributed by atoms with E-state index in [0.717, 1.165) is 47.1 Å². The van der Waals surface area contributed by atoms with Gasteiger partial charge in [0.25, 0.3) is 0 Å². The predicted molar refractivity (Wildman–Crippen MR) is 156 cm³/mol. The van der Waals surface area contributed by atoms with Crippen molar-refractivity contribution in [1.82, 2.24) is 4.31 Å². The zero-order valence-electron chi connectivity index (χ0n) is 22.8. The smallest absolute Gasteiger partial charge is 0.243 e. The number of hydrogen-bond acceptors (Lipinski definition) is 2. The highest BCUT2D eigenvalue weighted by atomic mass is 35.5. The van der Waals surface area contributed by atoms with Crippen LogP contribution in [0, 0.1) is 27.7 Å². The van der Waals surface area contributed by atoms with Crippen molar-refractivity contribution in [2.24, 2.45) is 0 Å². The first-order chi connectivity index (χ1) is 17.2. The van der Waals surface area contributed by atoms with Gasteiger partial charge in [-0.05, 0) is 64.3 Å². The molecule has 0 unspecified atom stereocenters. The molecule has 0 saturated heterocycles. The van der Waals surface area contributed by atoms with Crippen LogP contribution in [0.4, 0.5) is 0 Å². The van der Waals surface area contributed by atoms with E-state index in [1.165, 1.54) is 28.8 Å². The maximum absolute atomic E-state index is 13.7. The van der Waals surface area contributed by atoms with E-state index >= 15 is 0 Å². The van der Waals surface area contributed by atoms with Crippen LogP contribution in [0.5, 0.6) is 0 Å². The number of sulfonamides is 1. The van der Waals surface area contributed by atoms with Crippen LogP contribution < -0.4 is 0 Å². The molecule has 0 bridgehead atoms. The quantitative estimate of drug-likeness (QED) is 0.180. The average Bonchev–Trinajstić information content (AvgIpc) is 2.75. The summed E-state index contributed by atoms with van der Waals surface area (Å²) < 4.78 is 29.8. The number of aryl methyl sites for hydroxylation is 4. The molecule has 0 N–H and O–H groups in total. The van der Waals surface area contributed by atoms with Gasteiger partial charge in [0, 0.05) is 18.7 Å². The monoisotopic (exact) mass is 561 g/mol. The molecule has 4 nitrogen and oxygen atoms in total. The Balaban J connectivity index is 1.74. The average molecular weight is 563 g/mol. The van der Waals surface area contributed by atoms with E-state index < -0.39 is 10.0 Å². The normalized spacial score (nSPS) is 12.4. The van der Waals surface area contributed by atoms with Crippen molar-refractivity contribution in [3.8, 4) is 0 Å². The standard InChI is InChI=1S/C30H39Cl2N2O2S/c1-22-13-23(2)16-26(15-22)20-33(37(35,36)28-9-10-29(31)30(32)19-28)11-7-8-12-34(5,6)21-27-17-24(3)14-25(4)18-27/h9-10,13-19H,7-8,11-12,20-21H2,1-6H3/q+1. The molecular formula is C30H39Cl2N2O2S+. The first-order valence-corrected chi connectivity index (χ1v) is 14.9. The summed E-state index contributed by atoms with van der Waals surface area (Å²) in [5.74, 6) is 0. The third-order valence-electron chi connectivity index (χ3n) is 6.48. The molecule has 0 radical (unpaired) electrons. The van der Waals surface area contributed by atoms with E-state index in [4.69, 9.17) is 23.2 Å². The third kappa shape index (κ3) is 8.56. The van der Waals surface area contributed by atoms with Crippen LogP contribution >= 0.6 is 23.2 Å². The summed E-state index contributed by atoms with van der Waals surface area (Å²) >= 11 is 12.2. The molecule has 37 heavy (non-hydrogen) atoms. The van der Waals surface area contributed by atoms with Crippen LogP contribution in [0.1, 0.15) is 46.2 Å². The highest BCUT2D eigenvalue weighted by Gasteiger charge is 2.26. The Morgan fingerprint density at radius 1 is 0.730 bits per heavy atom. The Labute approximate surface area is 233 Å². The van der Waals surface area contributed by atoms with Crippen molar-refractivity contribution in [3.63, 3.8) is 0 Å². The Kier molecular flexibility index (Phi) is 9.87. The molecule has 0 saturated carbocycles. The number of quaternary nitrogens is 1. The van der Waals surface area contributed by atoms with Crippen molar-refractivity contribution in [2.75, 3.05) is 27.2 Å². The lowest BCUT2D eigenvalue weighted by Crippen LogP contribution is -2.40. The molecule has 200 valence electrons. The van der Waals surface area contributed by atoms with Crippen LogP contribution in [-0.2, 0) is 23.1 Å². The Morgan fingerprint density at radius 3 is 1.81 bits per heavy atom. The van der Waals surface area contributed by atoms with Gasteiger partial charge in [0.2, 0.25) is 10.0 Å². The second kappa shape index (κ2) is 12.3. The maximum atomic E-state index is 13.7. The van der Waals surface area contributed by atoms with E-state index in [1.54, 1.807) is 10.4 Å². The lowest BCUT2D eigenvalue weighted by atomic mass is 10.1. The van der Waals surface area contributed by atoms with E-state index in [-0.39, 0.29) is 9.92 Å². The fourth-order valence-electron chi connectivity index (χ4n) is 5.00. The molecule has 0 atom stereocenters. The van der Waals surface area contributed by atoms with Gasteiger partial charge in [-0.1, -0.05) is 81.9 Å². The number of benzene rings is 3. The van der Waals surface area contributed by atoms with Gasteiger partial charge >= 0.3 is 0 Å². The van der Waals surface area contributed by atoms with Gasteiger partial charge in [0.15, 0.2) is 0 Å². The Hall–Kier alpha value is -1.89. The van der Waals surface area contributed by atoms with Crippen LogP contribution in [0.25, 0.3) is 0 Å². The van der Waals surface area contributed by atoms with Crippen molar-refractivity contribution in [3.05, 3.63) is 98.0 Å². The molecule has 0 aliphatic heterocycles. The summed E-state index contributed by atoms with van der Waals surface area (Å²) in [6.07, 6.45) is 1.68. The third-order valence-corrected chi connectivity index (χ3v) is 9.06.